The number of nitrogens with one attached hydrogen (secondary N) is 1. The van der Waals surface area contributed by atoms with Crippen LogP contribution in [0.3, 0.4) is 0 Å². The van der Waals surface area contributed by atoms with Crippen LogP contribution in [0.5, 0.6) is 5.75 Å². The van der Waals surface area contributed by atoms with Gasteiger partial charge in [-0.2, -0.15) is 0 Å². The number of ether oxygens (including phenoxy) is 1. The topological polar surface area (TPSA) is 58.6 Å². The van der Waals surface area contributed by atoms with Crippen molar-refractivity contribution in [2.45, 2.75) is 26.4 Å². The molecule has 1 atom stereocenters. The van der Waals surface area contributed by atoms with Crippen LogP contribution in [0.1, 0.15) is 18.1 Å². The molecule has 0 aliphatic carbocycles. The van der Waals surface area contributed by atoms with Crippen LogP contribution in [0.15, 0.2) is 36.4 Å². The van der Waals surface area contributed by atoms with Crippen molar-refractivity contribution >= 4 is 40.7 Å². The van der Waals surface area contributed by atoms with E-state index in [2.05, 4.69) is 5.32 Å². The Balaban J connectivity index is 1.64. The molecule has 0 bridgehead atoms. The average Bonchev–Trinajstić information content (AvgIpc) is 3.05. The minimum Gasteiger partial charge on any atom is -0.480 e. The zero-order valence-electron chi connectivity index (χ0n) is 15.1. The average molecular weight is 407 g/mol. The van der Waals surface area contributed by atoms with Gasteiger partial charge < -0.3 is 15.0 Å². The third-order valence-electron chi connectivity index (χ3n) is 4.47. The highest BCUT2D eigenvalue weighted by molar-refractivity contribution is 6.31. The van der Waals surface area contributed by atoms with E-state index >= 15 is 0 Å². The number of anilines is 1. The van der Waals surface area contributed by atoms with Crippen molar-refractivity contribution in [3.8, 4) is 5.75 Å². The maximum Gasteiger partial charge on any atom is 0.264 e. The number of hydrogen-bond donors (Lipinski definition) is 1. The summed E-state index contributed by atoms with van der Waals surface area (Å²) in [6.07, 6.45) is -0.195. The lowest BCUT2D eigenvalue weighted by atomic mass is 10.1. The van der Waals surface area contributed by atoms with E-state index in [1.165, 1.54) is 4.90 Å². The van der Waals surface area contributed by atoms with Gasteiger partial charge in [0.2, 0.25) is 5.91 Å². The summed E-state index contributed by atoms with van der Waals surface area (Å²) in [4.78, 5) is 26.7. The van der Waals surface area contributed by atoms with Gasteiger partial charge in [-0.15, -0.1) is 0 Å². The van der Waals surface area contributed by atoms with Crippen molar-refractivity contribution in [3.63, 3.8) is 0 Å². The predicted molar refractivity (Wildman–Crippen MR) is 107 cm³/mol. The summed E-state index contributed by atoms with van der Waals surface area (Å²) in [5.41, 5.74) is 2.43. The van der Waals surface area contributed by atoms with Gasteiger partial charge in [-0.05, 0) is 55.3 Å². The number of carbonyl (C=O) groups is 2. The summed E-state index contributed by atoms with van der Waals surface area (Å²) in [5.74, 6) is 0.157. The molecular weight excluding hydrogens is 387 g/mol. The molecule has 1 heterocycles. The van der Waals surface area contributed by atoms with Crippen LogP contribution in [0.25, 0.3) is 0 Å². The van der Waals surface area contributed by atoms with E-state index in [1.54, 1.807) is 30.3 Å². The van der Waals surface area contributed by atoms with Crippen LogP contribution in [-0.2, 0) is 16.0 Å². The normalized spacial score (nSPS) is 15.0. The Kier molecular flexibility index (Phi) is 5.92. The number of aryl methyl sites for hydroxylation is 1. The number of carbonyl (C=O) groups excluding carboxylic acids is 2. The van der Waals surface area contributed by atoms with E-state index in [-0.39, 0.29) is 18.4 Å². The van der Waals surface area contributed by atoms with Crippen molar-refractivity contribution in [1.29, 1.82) is 0 Å². The van der Waals surface area contributed by atoms with Gasteiger partial charge >= 0.3 is 0 Å². The number of benzene rings is 2. The van der Waals surface area contributed by atoms with Crippen molar-refractivity contribution < 1.29 is 14.3 Å². The molecule has 27 heavy (non-hydrogen) atoms. The number of likely N-dealkylation sites (N-methyl/N-ethyl adjacent to an activating group) is 1. The molecule has 1 aliphatic rings. The largest absolute Gasteiger partial charge is 0.480 e. The smallest absolute Gasteiger partial charge is 0.264 e. The van der Waals surface area contributed by atoms with Gasteiger partial charge in [0.15, 0.2) is 6.10 Å². The molecule has 2 aromatic rings. The fraction of sp³-hybridized carbons (Fsp3) is 0.300. The number of nitrogens with zero attached hydrogens (tertiary/aromatic N) is 1. The van der Waals surface area contributed by atoms with Crippen molar-refractivity contribution in [2.24, 2.45) is 0 Å². The standard InChI is InChI=1S/C20H20Cl2N2O3/c1-3-24(11-19(25)23-16-10-15(22)5-4-12(16)2)20(26)18-9-13-8-14(21)6-7-17(13)27-18/h4-8,10,18H,3,9,11H2,1-2H3,(H,23,25). The molecule has 7 heteroatoms. The fourth-order valence-corrected chi connectivity index (χ4v) is 3.36. The Bertz CT molecular complexity index is 886. The summed E-state index contributed by atoms with van der Waals surface area (Å²) in [6, 6.07) is 10.6. The molecule has 1 N–H and O–H groups in total. The van der Waals surface area contributed by atoms with Crippen LogP contribution >= 0.6 is 23.2 Å². The summed E-state index contributed by atoms with van der Waals surface area (Å²) in [5, 5.41) is 3.95. The van der Waals surface area contributed by atoms with Gasteiger partial charge in [0.1, 0.15) is 5.75 Å². The molecule has 0 saturated carbocycles. The quantitative estimate of drug-likeness (QED) is 0.812. The molecule has 2 aromatic carbocycles. The highest BCUT2D eigenvalue weighted by atomic mass is 35.5. The second-order valence-corrected chi connectivity index (χ2v) is 7.30. The molecule has 0 fully saturated rings. The highest BCUT2D eigenvalue weighted by Crippen LogP contribution is 2.31. The Labute approximate surface area is 168 Å². The predicted octanol–water partition coefficient (Wildman–Crippen LogP) is 4.09. The second kappa shape index (κ2) is 8.19. The van der Waals surface area contributed by atoms with Crippen LogP contribution < -0.4 is 10.1 Å². The van der Waals surface area contributed by atoms with E-state index in [4.69, 9.17) is 27.9 Å². The summed E-state index contributed by atoms with van der Waals surface area (Å²) in [6.45, 7) is 4.05. The minimum atomic E-state index is -0.640. The maximum atomic E-state index is 12.8. The van der Waals surface area contributed by atoms with Crippen molar-refractivity contribution in [3.05, 3.63) is 57.6 Å². The van der Waals surface area contributed by atoms with Gasteiger partial charge in [-0.25, -0.2) is 0 Å². The van der Waals surface area contributed by atoms with Gasteiger partial charge in [0.05, 0.1) is 6.54 Å². The molecular formula is C20H20Cl2N2O3. The SMILES string of the molecule is CCN(CC(=O)Nc1cc(Cl)ccc1C)C(=O)C1Cc2cc(Cl)ccc2O1. The Morgan fingerprint density at radius 3 is 2.63 bits per heavy atom. The van der Waals surface area contributed by atoms with E-state index < -0.39 is 6.10 Å². The van der Waals surface area contributed by atoms with Gasteiger partial charge in [-0.3, -0.25) is 9.59 Å². The summed E-state index contributed by atoms with van der Waals surface area (Å²) < 4.78 is 5.74. The van der Waals surface area contributed by atoms with E-state index in [0.29, 0.717) is 34.4 Å². The molecule has 2 amide bonds. The Morgan fingerprint density at radius 1 is 1.19 bits per heavy atom. The lowest BCUT2D eigenvalue weighted by Gasteiger charge is -2.23. The minimum absolute atomic E-state index is 0.0573. The first-order valence-electron chi connectivity index (χ1n) is 8.67. The number of hydrogen-bond acceptors (Lipinski definition) is 3. The first kappa shape index (κ1) is 19.5. The lowest BCUT2D eigenvalue weighted by molar-refractivity contribution is -0.140. The number of fused-ring (bicyclic) bond motifs is 1. The van der Waals surface area contributed by atoms with Crippen LogP contribution in [-0.4, -0.2) is 35.9 Å². The third-order valence-corrected chi connectivity index (χ3v) is 4.94. The molecule has 0 aromatic heterocycles. The van der Waals surface area contributed by atoms with Gasteiger partial charge in [0, 0.05) is 28.7 Å². The molecule has 0 spiro atoms. The molecule has 1 aliphatic heterocycles. The van der Waals surface area contributed by atoms with E-state index in [1.807, 2.05) is 19.9 Å². The maximum absolute atomic E-state index is 12.8. The number of rotatable bonds is 5. The molecule has 0 radical (unpaired) electrons. The van der Waals surface area contributed by atoms with Gasteiger partial charge in [0.25, 0.3) is 5.91 Å². The third kappa shape index (κ3) is 4.54. The molecule has 1 unspecified atom stereocenters. The fourth-order valence-electron chi connectivity index (χ4n) is 3.00. The van der Waals surface area contributed by atoms with Crippen molar-refractivity contribution in [2.75, 3.05) is 18.4 Å². The Morgan fingerprint density at radius 2 is 1.89 bits per heavy atom. The van der Waals surface area contributed by atoms with Crippen LogP contribution in [0.4, 0.5) is 5.69 Å². The highest BCUT2D eigenvalue weighted by Gasteiger charge is 2.32. The van der Waals surface area contributed by atoms with Crippen LogP contribution in [0, 0.1) is 6.92 Å². The monoisotopic (exact) mass is 406 g/mol. The van der Waals surface area contributed by atoms with Crippen LogP contribution in [0.2, 0.25) is 10.0 Å². The van der Waals surface area contributed by atoms with Crippen molar-refractivity contribution in [1.82, 2.24) is 4.90 Å². The zero-order chi connectivity index (χ0) is 19.6. The first-order chi connectivity index (χ1) is 12.9. The number of amides is 2. The Hall–Kier alpha value is -2.24. The lowest BCUT2D eigenvalue weighted by Crippen LogP contribution is -2.45. The van der Waals surface area contributed by atoms with E-state index in [9.17, 15) is 9.59 Å². The van der Waals surface area contributed by atoms with Gasteiger partial charge in [-0.1, -0.05) is 29.3 Å². The zero-order valence-corrected chi connectivity index (χ0v) is 16.6. The van der Waals surface area contributed by atoms with E-state index in [0.717, 1.165) is 11.1 Å². The summed E-state index contributed by atoms with van der Waals surface area (Å²) >= 11 is 12.0. The summed E-state index contributed by atoms with van der Waals surface area (Å²) in [7, 11) is 0. The molecule has 0 saturated heterocycles. The molecule has 5 nitrogen and oxygen atoms in total. The number of halogens is 2. The first-order valence-corrected chi connectivity index (χ1v) is 9.43. The molecule has 142 valence electrons. The molecule has 3 rings (SSSR count). The second-order valence-electron chi connectivity index (χ2n) is 6.42.